The molecule has 0 unspecified atom stereocenters. The fourth-order valence-electron chi connectivity index (χ4n) is 2.84. The van der Waals surface area contributed by atoms with E-state index in [9.17, 15) is 12.8 Å². The molecule has 1 aliphatic heterocycles. The summed E-state index contributed by atoms with van der Waals surface area (Å²) in [5.74, 6) is 0.857. The number of hydrogen-bond acceptors (Lipinski definition) is 5. The average Bonchev–Trinajstić information content (AvgIpc) is 2.63. The number of anilines is 1. The Labute approximate surface area is 156 Å². The molecule has 0 aliphatic carbocycles. The third-order valence-corrected chi connectivity index (χ3v) is 6.26. The first-order valence-corrected chi connectivity index (χ1v) is 9.94. The molecule has 0 radical (unpaired) electrons. The summed E-state index contributed by atoms with van der Waals surface area (Å²) < 4.78 is 44.4. The second-order valence-corrected chi connectivity index (χ2v) is 8.16. The van der Waals surface area contributed by atoms with E-state index in [0.717, 1.165) is 5.56 Å². The van der Waals surface area contributed by atoms with Gasteiger partial charge in [0, 0.05) is 13.1 Å². The lowest BCUT2D eigenvalue weighted by Gasteiger charge is -2.32. The molecule has 0 N–H and O–H groups in total. The second-order valence-electron chi connectivity index (χ2n) is 5.73. The topological polar surface area (TPSA) is 59.5 Å². The number of rotatable bonds is 5. The Kier molecular flexibility index (Phi) is 5.35. The second kappa shape index (κ2) is 7.52. The van der Waals surface area contributed by atoms with Crippen LogP contribution in [0.2, 0.25) is 5.02 Å². The van der Waals surface area contributed by atoms with Gasteiger partial charge >= 0.3 is 0 Å². The van der Waals surface area contributed by atoms with Gasteiger partial charge in [0.1, 0.15) is 15.6 Å². The van der Waals surface area contributed by atoms with Crippen molar-refractivity contribution in [1.82, 2.24) is 4.98 Å². The third kappa shape index (κ3) is 3.62. The molecule has 1 aromatic heterocycles. The number of aromatic nitrogens is 1. The molecule has 136 valence electrons. The standard InChI is InChI=1S/C18H16ClFN2O3S/c1-2-11-25-18-15-16(14(19)17(20)21-18)26(23,24)12-10-22(15)9-8-13-6-4-3-5-7-13/h1,3-7H,8-12H2. The van der Waals surface area contributed by atoms with E-state index >= 15 is 0 Å². The summed E-state index contributed by atoms with van der Waals surface area (Å²) in [6, 6.07) is 9.74. The van der Waals surface area contributed by atoms with Gasteiger partial charge < -0.3 is 9.64 Å². The van der Waals surface area contributed by atoms with Crippen molar-refractivity contribution in [2.75, 3.05) is 30.3 Å². The van der Waals surface area contributed by atoms with E-state index < -0.39 is 20.8 Å². The Morgan fingerprint density at radius 3 is 2.77 bits per heavy atom. The molecular weight excluding hydrogens is 379 g/mol. The quantitative estimate of drug-likeness (QED) is 0.576. The first kappa shape index (κ1) is 18.5. The molecule has 26 heavy (non-hydrogen) atoms. The maximum atomic E-state index is 14.1. The monoisotopic (exact) mass is 394 g/mol. The lowest BCUT2D eigenvalue weighted by atomic mass is 10.1. The molecule has 3 rings (SSSR count). The van der Waals surface area contributed by atoms with Crippen LogP contribution in [0.15, 0.2) is 35.2 Å². The first-order valence-electron chi connectivity index (χ1n) is 7.91. The number of terminal acetylenes is 1. The minimum absolute atomic E-state index is 0.156. The number of sulfone groups is 1. The number of benzene rings is 1. The predicted octanol–water partition coefficient (Wildman–Crippen LogP) is 2.72. The van der Waals surface area contributed by atoms with E-state index in [1.54, 1.807) is 4.90 Å². The van der Waals surface area contributed by atoms with Crippen molar-refractivity contribution >= 4 is 27.1 Å². The SMILES string of the molecule is C#CCOc1nc(F)c(Cl)c2c1N(CCc1ccccc1)CCS2(=O)=O. The largest absolute Gasteiger partial charge is 0.463 e. The van der Waals surface area contributed by atoms with Gasteiger partial charge in [-0.15, -0.1) is 6.42 Å². The highest BCUT2D eigenvalue weighted by Crippen LogP contribution is 2.42. The van der Waals surface area contributed by atoms with E-state index in [2.05, 4.69) is 10.9 Å². The summed E-state index contributed by atoms with van der Waals surface area (Å²) in [6.45, 7) is 0.577. The Morgan fingerprint density at radius 1 is 1.35 bits per heavy atom. The molecule has 0 amide bonds. The molecule has 0 spiro atoms. The minimum atomic E-state index is -3.74. The molecule has 2 aromatic rings. The number of ether oxygens (including phenoxy) is 1. The van der Waals surface area contributed by atoms with Gasteiger partial charge in [-0.05, 0) is 12.0 Å². The smallest absolute Gasteiger partial charge is 0.242 e. The van der Waals surface area contributed by atoms with Gasteiger partial charge in [-0.2, -0.15) is 9.37 Å². The zero-order chi connectivity index (χ0) is 18.7. The zero-order valence-corrected chi connectivity index (χ0v) is 15.4. The Balaban J connectivity index is 2.03. The fraction of sp³-hybridized carbons (Fsp3) is 0.278. The number of fused-ring (bicyclic) bond motifs is 1. The van der Waals surface area contributed by atoms with E-state index in [-0.39, 0.29) is 35.4 Å². The van der Waals surface area contributed by atoms with Crippen molar-refractivity contribution in [2.45, 2.75) is 11.3 Å². The van der Waals surface area contributed by atoms with Gasteiger partial charge in [0.05, 0.1) is 5.75 Å². The summed E-state index contributed by atoms with van der Waals surface area (Å²) in [5, 5.41) is -0.516. The summed E-state index contributed by atoms with van der Waals surface area (Å²) in [5.41, 5.74) is 1.27. The fourth-order valence-corrected chi connectivity index (χ4v) is 4.85. The van der Waals surface area contributed by atoms with Crippen molar-refractivity contribution in [3.8, 4) is 18.2 Å². The third-order valence-electron chi connectivity index (χ3n) is 4.06. The zero-order valence-electron chi connectivity index (χ0n) is 13.8. The van der Waals surface area contributed by atoms with Crippen LogP contribution in [0.4, 0.5) is 10.1 Å². The molecule has 5 nitrogen and oxygen atoms in total. The maximum Gasteiger partial charge on any atom is 0.242 e. The van der Waals surface area contributed by atoms with Crippen molar-refractivity contribution in [3.63, 3.8) is 0 Å². The molecule has 0 bridgehead atoms. The van der Waals surface area contributed by atoms with Crippen LogP contribution in [0.25, 0.3) is 0 Å². The van der Waals surface area contributed by atoms with Crippen LogP contribution in [0.1, 0.15) is 5.56 Å². The Hall–Kier alpha value is -2.30. The molecule has 1 aromatic carbocycles. The van der Waals surface area contributed by atoms with E-state index in [0.29, 0.717) is 13.0 Å². The van der Waals surface area contributed by atoms with Crippen molar-refractivity contribution in [1.29, 1.82) is 0 Å². The first-order chi connectivity index (χ1) is 12.4. The molecule has 8 heteroatoms. The van der Waals surface area contributed by atoms with Gasteiger partial charge in [0.15, 0.2) is 16.4 Å². The highest BCUT2D eigenvalue weighted by molar-refractivity contribution is 7.91. The number of hydrogen-bond donors (Lipinski definition) is 0. The van der Waals surface area contributed by atoms with E-state index in [4.69, 9.17) is 22.8 Å². The molecular formula is C18H16ClFN2O3S. The van der Waals surface area contributed by atoms with Gasteiger partial charge in [-0.1, -0.05) is 47.9 Å². The molecule has 1 aliphatic rings. The normalized spacial score (nSPS) is 15.2. The molecule has 0 saturated heterocycles. The lowest BCUT2D eigenvalue weighted by Crippen LogP contribution is -2.37. The van der Waals surface area contributed by atoms with Gasteiger partial charge in [-0.25, -0.2) is 8.42 Å². The van der Waals surface area contributed by atoms with Crippen LogP contribution >= 0.6 is 11.6 Å². The Bertz CT molecular complexity index is 959. The Morgan fingerprint density at radius 2 is 2.08 bits per heavy atom. The molecule has 0 saturated carbocycles. The van der Waals surface area contributed by atoms with Crippen molar-refractivity contribution in [2.24, 2.45) is 0 Å². The number of halogens is 2. The number of pyridine rings is 1. The van der Waals surface area contributed by atoms with Crippen LogP contribution in [-0.4, -0.2) is 38.9 Å². The van der Waals surface area contributed by atoms with E-state index in [1.807, 2.05) is 30.3 Å². The molecule has 0 atom stereocenters. The van der Waals surface area contributed by atoms with Gasteiger partial charge in [-0.3, -0.25) is 0 Å². The predicted molar refractivity (Wildman–Crippen MR) is 97.9 cm³/mol. The van der Waals surface area contributed by atoms with Crippen LogP contribution in [0.3, 0.4) is 0 Å². The summed E-state index contributed by atoms with van der Waals surface area (Å²) in [7, 11) is -3.74. The highest BCUT2D eigenvalue weighted by atomic mass is 35.5. The van der Waals surface area contributed by atoms with Crippen LogP contribution in [0, 0.1) is 18.3 Å². The number of nitrogens with zero attached hydrogens (tertiary/aromatic N) is 2. The summed E-state index contributed by atoms with van der Waals surface area (Å²) >= 11 is 5.94. The van der Waals surface area contributed by atoms with Crippen molar-refractivity contribution < 1.29 is 17.5 Å². The summed E-state index contributed by atoms with van der Waals surface area (Å²) in [4.78, 5) is 5.19. The average molecular weight is 395 g/mol. The summed E-state index contributed by atoms with van der Waals surface area (Å²) in [6.07, 6.45) is 5.86. The minimum Gasteiger partial charge on any atom is -0.463 e. The molecule has 2 heterocycles. The van der Waals surface area contributed by atoms with Crippen LogP contribution in [0.5, 0.6) is 5.88 Å². The van der Waals surface area contributed by atoms with Gasteiger partial charge in [0.25, 0.3) is 0 Å². The van der Waals surface area contributed by atoms with Crippen LogP contribution in [-0.2, 0) is 16.3 Å². The van der Waals surface area contributed by atoms with Crippen LogP contribution < -0.4 is 9.64 Å². The van der Waals surface area contributed by atoms with Crippen molar-refractivity contribution in [3.05, 3.63) is 46.9 Å². The maximum absolute atomic E-state index is 14.1. The lowest BCUT2D eigenvalue weighted by molar-refractivity contribution is 0.346. The van der Waals surface area contributed by atoms with Gasteiger partial charge in [0.2, 0.25) is 11.8 Å². The molecule has 0 fully saturated rings. The highest BCUT2D eigenvalue weighted by Gasteiger charge is 2.36. The van der Waals surface area contributed by atoms with E-state index in [1.165, 1.54) is 0 Å².